The first-order valence-corrected chi connectivity index (χ1v) is 34.8. The van der Waals surface area contributed by atoms with E-state index in [0.717, 1.165) is 24.2 Å². The van der Waals surface area contributed by atoms with Gasteiger partial charge in [0.05, 0.1) is 33.1 Å². The van der Waals surface area contributed by atoms with E-state index in [-0.39, 0.29) is 36.8 Å². The van der Waals surface area contributed by atoms with Crippen molar-refractivity contribution in [3.05, 3.63) is 304 Å². The minimum Gasteiger partial charge on any atom is -1.00 e. The Balaban J connectivity index is 0.000000133. The van der Waals surface area contributed by atoms with Gasteiger partial charge in [-0.3, -0.25) is 5.16 Å². The molecule has 95 heavy (non-hydrogen) atoms. The van der Waals surface area contributed by atoms with E-state index in [0.29, 0.717) is 13.9 Å². The summed E-state index contributed by atoms with van der Waals surface area (Å²) >= 11 is 10.4. The first kappa shape index (κ1) is 68.7. The molecular weight excluding hydrogens is 1390 g/mol. The van der Waals surface area contributed by atoms with Gasteiger partial charge in [-0.05, 0) is 269 Å². The zero-order valence-electron chi connectivity index (χ0n) is 57.1. The van der Waals surface area contributed by atoms with E-state index in [4.69, 9.17) is 5.16 Å². The van der Waals surface area contributed by atoms with Gasteiger partial charge in [-0.1, -0.05) is 147 Å². The Morgan fingerprint density at radius 1 is 0.305 bits per heavy atom. The number of halogens is 4. The van der Waals surface area contributed by atoms with Gasteiger partial charge in [0.2, 0.25) is 0 Å². The smallest absolute Gasteiger partial charge is 1.00 e. The molecule has 11 heteroatoms. The van der Waals surface area contributed by atoms with Crippen LogP contribution in [0.2, 0.25) is 0 Å². The second-order valence-corrected chi connectivity index (χ2v) is 28.7. The fourth-order valence-electron chi connectivity index (χ4n) is 13.0. The van der Waals surface area contributed by atoms with Crippen molar-refractivity contribution in [1.82, 2.24) is 18.7 Å². The zero-order valence-corrected chi connectivity index (χ0v) is 63.7. The van der Waals surface area contributed by atoms with Gasteiger partial charge in [0.1, 0.15) is 5.82 Å². The number of hydrogen-bond acceptors (Lipinski definition) is 1. The summed E-state index contributed by atoms with van der Waals surface area (Å²) in [5.74, 6) is -0.154. The molecule has 16 aromatic rings. The van der Waals surface area contributed by atoms with Crippen LogP contribution in [-0.2, 0) is 0 Å². The van der Waals surface area contributed by atoms with Gasteiger partial charge in [-0.2, -0.15) is 0 Å². The van der Waals surface area contributed by atoms with E-state index < -0.39 is 0 Å². The summed E-state index contributed by atoms with van der Waals surface area (Å²) in [6, 6.07) is 77.5. The van der Waals surface area contributed by atoms with E-state index in [2.05, 4.69) is 337 Å². The van der Waals surface area contributed by atoms with Crippen molar-refractivity contribution in [1.29, 1.82) is 5.16 Å². The van der Waals surface area contributed by atoms with Crippen molar-refractivity contribution >= 4 is 149 Å². The molecule has 2 N–H and O–H groups in total. The number of nitrogens with zero attached hydrogens (tertiary/aromatic N) is 3. The molecule has 470 valence electrons. The summed E-state index contributed by atoms with van der Waals surface area (Å²) in [7, 11) is 0.573. The Kier molecular flexibility index (Phi) is 20.9. The number of aromatic amines is 1. The van der Waals surface area contributed by atoms with Crippen molar-refractivity contribution in [2.45, 2.75) is 83.1 Å². The molecule has 16 rings (SSSR count). The van der Waals surface area contributed by atoms with Crippen LogP contribution in [-0.4, -0.2) is 18.7 Å². The first-order valence-electron chi connectivity index (χ1n) is 31.6. The van der Waals surface area contributed by atoms with Gasteiger partial charge in [-0.15, -0.1) is 0 Å². The predicted octanol–water partition coefficient (Wildman–Crippen LogP) is 22.9. The maximum absolute atomic E-state index is 12.5. The minimum absolute atomic E-state index is 0. The normalized spacial score (nSPS) is 11.2. The molecule has 0 atom stereocenters. The summed E-state index contributed by atoms with van der Waals surface area (Å²) in [6.45, 7) is 25.5. The number of H-pyrrole nitrogens is 1. The number of hydrogen-bond donors (Lipinski definition) is 2. The Bertz CT molecular complexity index is 5050. The van der Waals surface area contributed by atoms with Crippen LogP contribution in [0.1, 0.15) is 68.2 Å². The molecule has 0 radical (unpaired) electrons. The Morgan fingerprint density at radius 3 is 0.884 bits per heavy atom. The maximum atomic E-state index is 12.5. The van der Waals surface area contributed by atoms with Crippen LogP contribution in [0.3, 0.4) is 0 Å². The Hall–Kier alpha value is -7.69. The van der Waals surface area contributed by atoms with E-state index in [1.54, 1.807) is 19.1 Å². The molecule has 0 aliphatic heterocycles. The van der Waals surface area contributed by atoms with E-state index in [1.165, 1.54) is 166 Å². The molecule has 4 heterocycles. The van der Waals surface area contributed by atoms with Gasteiger partial charge in [0.25, 0.3) is 0 Å². The fourth-order valence-corrected chi connectivity index (χ4v) is 14.8. The van der Waals surface area contributed by atoms with Crippen molar-refractivity contribution in [3.8, 4) is 17.1 Å². The number of aromatic nitrogens is 4. The maximum Gasteiger partial charge on any atom is 1.00 e. The molecule has 0 aliphatic rings. The van der Waals surface area contributed by atoms with Gasteiger partial charge < -0.3 is 20.1 Å². The van der Waals surface area contributed by atoms with Crippen LogP contribution in [0.25, 0.3) is 104 Å². The molecule has 0 bridgehead atoms. The SMILES string of the molecule is Cc1cc(Br)ccc1F.Cc1ccc(-n2c3ccc(C)cc3c3cc(C)ccc32)c(C)c1.Cc1ccc2[nH]c3ccc(P=N)cc3c2c1.Cc1ccc2c(c1)c1cc(C)ccc1n2-c1ccc(Br)cc1C.Cc1ccc2c(c1)c1cc(C)ccc1n2-c1ccc(Br)cc1C.[H-].[Na+]. The molecule has 0 amide bonds. The second-order valence-electron chi connectivity index (χ2n) is 25.2. The molecule has 0 aliphatic carbocycles. The van der Waals surface area contributed by atoms with Gasteiger partial charge >= 0.3 is 29.6 Å². The molecular formula is C84H75Br3FN5NaP. The zero-order chi connectivity index (χ0) is 66.4. The van der Waals surface area contributed by atoms with Crippen LogP contribution < -0.4 is 34.9 Å². The first-order chi connectivity index (χ1) is 45.1. The van der Waals surface area contributed by atoms with Gasteiger partial charge in [0.15, 0.2) is 0 Å². The number of fused-ring (bicyclic) bond motifs is 12. The van der Waals surface area contributed by atoms with Crippen LogP contribution in [0, 0.1) is 94.1 Å². The second kappa shape index (κ2) is 28.9. The molecule has 12 aromatic carbocycles. The summed E-state index contributed by atoms with van der Waals surface area (Å²) in [5, 5.41) is 18.9. The van der Waals surface area contributed by atoms with Crippen molar-refractivity contribution < 1.29 is 35.4 Å². The monoisotopic (exact) mass is 1460 g/mol. The quantitative estimate of drug-likeness (QED) is 0.130. The fraction of sp³-hybridized carbons (Fsp3) is 0.143. The van der Waals surface area contributed by atoms with Crippen LogP contribution >= 0.6 is 56.2 Å². The van der Waals surface area contributed by atoms with E-state index in [1.807, 2.05) is 6.07 Å². The van der Waals surface area contributed by atoms with Crippen molar-refractivity contribution in [2.75, 3.05) is 0 Å². The van der Waals surface area contributed by atoms with Crippen LogP contribution in [0.4, 0.5) is 4.39 Å². The number of nitrogens with one attached hydrogen (secondary N) is 2. The molecule has 5 nitrogen and oxygen atoms in total. The Morgan fingerprint density at radius 2 is 0.568 bits per heavy atom. The third-order valence-electron chi connectivity index (χ3n) is 17.6. The summed E-state index contributed by atoms with van der Waals surface area (Å²) in [6.07, 6.45) is 0. The molecule has 0 spiro atoms. The predicted molar refractivity (Wildman–Crippen MR) is 415 cm³/mol. The standard InChI is InChI=1S/C22H21N.2C21H18BrN.C13H11N2P.C7H6BrF.Na.H/c1-14-5-8-20(17(4)11-14)23-21-9-6-15(2)12-18(21)19-13-16(3)7-10-22(19)23;2*1-13-4-7-20-17(10-13)18-11-14(2)5-8-21(18)23(20)19-9-6-16(22)12-15(19)3;1-8-2-4-12-10(6-8)11-7-9(16-14)3-5-13(11)15-12;1-5-4-6(8)2-3-7(5)9;;/h5-13H,1-4H3;2*4-12H,1-3H3;2-7,14-15H,1H3;2-4H,1H3;;/q;;;;;+1;-1. The number of benzene rings is 12. The minimum atomic E-state index is -0.154. The summed E-state index contributed by atoms with van der Waals surface area (Å²) in [5.41, 5.74) is 28.5. The number of aryl methyl sites for hydroxylation is 12. The van der Waals surface area contributed by atoms with Gasteiger partial charge in [-0.25, -0.2) is 4.39 Å². The molecule has 0 saturated heterocycles. The van der Waals surface area contributed by atoms with Crippen LogP contribution in [0.5, 0.6) is 0 Å². The third-order valence-corrected chi connectivity index (χ3v) is 19.6. The Labute approximate surface area is 606 Å². The van der Waals surface area contributed by atoms with Crippen LogP contribution in [0.15, 0.2) is 232 Å². The van der Waals surface area contributed by atoms with Crippen molar-refractivity contribution in [3.63, 3.8) is 0 Å². The average Bonchev–Trinajstić information content (AvgIpc) is 1.61. The summed E-state index contributed by atoms with van der Waals surface area (Å²) < 4.78 is 22.8. The van der Waals surface area contributed by atoms with E-state index >= 15 is 0 Å². The molecule has 0 saturated carbocycles. The van der Waals surface area contributed by atoms with Crippen molar-refractivity contribution in [2.24, 2.45) is 0 Å². The topological polar surface area (TPSA) is 54.4 Å². The summed E-state index contributed by atoms with van der Waals surface area (Å²) in [4.78, 5) is 3.39. The molecule has 0 unspecified atom stereocenters. The number of rotatable bonds is 4. The largest absolute Gasteiger partial charge is 1.00 e. The molecule has 4 aromatic heterocycles. The third kappa shape index (κ3) is 14.4. The average molecular weight is 1470 g/mol. The van der Waals surface area contributed by atoms with E-state index in [9.17, 15) is 4.39 Å². The van der Waals surface area contributed by atoms with Gasteiger partial charge in [0, 0.05) is 98.3 Å². The molecule has 0 fully saturated rings.